The molecule has 0 unspecified atom stereocenters. The largest absolute Gasteiger partial charge is 0.468 e. The smallest absolute Gasteiger partial charge is 0.337 e. The number of benzene rings is 1. The van der Waals surface area contributed by atoms with Crippen molar-refractivity contribution < 1.29 is 22.7 Å². The third kappa shape index (κ3) is 3.67. The Labute approximate surface area is 118 Å². The minimum Gasteiger partial charge on any atom is -0.468 e. The van der Waals surface area contributed by atoms with Crippen LogP contribution < -0.4 is 5.73 Å². The van der Waals surface area contributed by atoms with Gasteiger partial charge in [-0.2, -0.15) is 8.42 Å². The number of carbonyl (C=O) groups is 1. The van der Waals surface area contributed by atoms with Crippen molar-refractivity contribution in [3.05, 3.63) is 28.2 Å². The van der Waals surface area contributed by atoms with Crippen LogP contribution in [0.2, 0.25) is 0 Å². The van der Waals surface area contributed by atoms with Crippen LogP contribution in [-0.4, -0.2) is 34.6 Å². The first kappa shape index (κ1) is 15.4. The van der Waals surface area contributed by atoms with E-state index in [-0.39, 0.29) is 14.9 Å². The fraction of sp³-hybridized carbons (Fsp3) is 0.200. The third-order valence-corrected chi connectivity index (χ3v) is 4.32. The van der Waals surface area contributed by atoms with Gasteiger partial charge in [0.05, 0.1) is 19.8 Å². The van der Waals surface area contributed by atoms with Crippen LogP contribution in [0, 0.1) is 0 Å². The molecule has 0 heterocycles. The molecule has 0 aromatic heterocycles. The molecule has 0 fully saturated rings. The maximum Gasteiger partial charge on any atom is 0.337 e. The Morgan fingerprint density at radius 2 is 1.95 bits per heavy atom. The molecule has 1 aromatic carbocycles. The topological polar surface area (TPSA) is 108 Å². The Balaban J connectivity index is 3.38. The number of carbonyl (C=O) groups excluding carboxylic acids is 1. The van der Waals surface area contributed by atoms with E-state index < -0.39 is 22.0 Å². The van der Waals surface area contributed by atoms with Gasteiger partial charge in [-0.15, -0.1) is 4.40 Å². The number of halogens is 1. The lowest BCUT2D eigenvalue weighted by Gasteiger charge is -2.05. The van der Waals surface area contributed by atoms with Crippen molar-refractivity contribution in [3.8, 4) is 0 Å². The molecule has 1 aromatic rings. The van der Waals surface area contributed by atoms with Crippen LogP contribution in [0.4, 0.5) is 0 Å². The number of nitrogens with two attached hydrogens (primary N) is 1. The summed E-state index contributed by atoms with van der Waals surface area (Å²) in [5.41, 5.74) is 5.29. The Morgan fingerprint density at radius 3 is 2.47 bits per heavy atom. The Hall–Kier alpha value is -1.61. The van der Waals surface area contributed by atoms with Crippen molar-refractivity contribution in [1.82, 2.24) is 0 Å². The van der Waals surface area contributed by atoms with Crippen LogP contribution in [0.5, 0.6) is 0 Å². The molecule has 0 saturated heterocycles. The number of nitrogens with zero attached hydrogens (tertiary/aromatic N) is 1. The van der Waals surface area contributed by atoms with Crippen molar-refractivity contribution in [3.63, 3.8) is 0 Å². The molecular formula is C10H11BrN2O5S. The Kier molecular flexibility index (Phi) is 4.90. The molecule has 9 heteroatoms. The van der Waals surface area contributed by atoms with E-state index in [1.807, 2.05) is 0 Å². The van der Waals surface area contributed by atoms with Gasteiger partial charge in [0.2, 0.25) is 0 Å². The summed E-state index contributed by atoms with van der Waals surface area (Å²) in [7, 11) is -1.70. The number of ether oxygens (including phenoxy) is 2. The highest BCUT2D eigenvalue weighted by atomic mass is 79.9. The van der Waals surface area contributed by atoms with Gasteiger partial charge in [0.15, 0.2) is 0 Å². The summed E-state index contributed by atoms with van der Waals surface area (Å²) >= 11 is 3.07. The van der Waals surface area contributed by atoms with Gasteiger partial charge in [0.1, 0.15) is 4.90 Å². The van der Waals surface area contributed by atoms with E-state index in [1.165, 1.54) is 26.4 Å². The van der Waals surface area contributed by atoms with E-state index >= 15 is 0 Å². The van der Waals surface area contributed by atoms with E-state index in [2.05, 4.69) is 29.8 Å². The van der Waals surface area contributed by atoms with E-state index in [0.717, 1.165) is 6.07 Å². The molecule has 104 valence electrons. The quantitative estimate of drug-likeness (QED) is 0.492. The van der Waals surface area contributed by atoms with Crippen molar-refractivity contribution in [2.75, 3.05) is 14.2 Å². The van der Waals surface area contributed by atoms with Crippen molar-refractivity contribution in [1.29, 1.82) is 0 Å². The Bertz CT molecular complexity index is 627. The Morgan fingerprint density at radius 1 is 1.32 bits per heavy atom. The number of esters is 1. The van der Waals surface area contributed by atoms with E-state index in [4.69, 9.17) is 5.73 Å². The average molecular weight is 351 g/mol. The molecule has 19 heavy (non-hydrogen) atoms. The molecule has 0 aliphatic carbocycles. The first-order valence-electron chi connectivity index (χ1n) is 4.84. The number of hydrogen-bond donors (Lipinski definition) is 1. The standard InChI is InChI=1S/C10H11BrN2O5S/c1-17-9(14)6-3-4-7(11)8(5-6)19(15,16)13-10(12)18-2/h3-5H,1-2H3,(H2,12,13). The monoisotopic (exact) mass is 350 g/mol. The number of methoxy groups -OCH3 is 2. The summed E-state index contributed by atoms with van der Waals surface area (Å²) in [6, 6.07) is 3.45. The van der Waals surface area contributed by atoms with Crippen molar-refractivity contribution >= 4 is 37.9 Å². The minimum absolute atomic E-state index is 0.0791. The molecule has 0 radical (unpaired) electrons. The van der Waals surface area contributed by atoms with Gasteiger partial charge in [-0.3, -0.25) is 0 Å². The summed E-state index contributed by atoms with van der Waals surface area (Å²) in [4.78, 5) is 11.2. The zero-order chi connectivity index (χ0) is 14.6. The van der Waals surface area contributed by atoms with Gasteiger partial charge < -0.3 is 15.2 Å². The van der Waals surface area contributed by atoms with Crippen LogP contribution in [0.15, 0.2) is 32.0 Å². The zero-order valence-corrected chi connectivity index (χ0v) is 12.5. The van der Waals surface area contributed by atoms with Gasteiger partial charge in [-0.1, -0.05) is 0 Å². The number of amidine groups is 1. The highest BCUT2D eigenvalue weighted by Gasteiger charge is 2.20. The van der Waals surface area contributed by atoms with Crippen LogP contribution in [0.25, 0.3) is 0 Å². The van der Waals surface area contributed by atoms with Gasteiger partial charge in [-0.05, 0) is 34.1 Å². The second-order valence-electron chi connectivity index (χ2n) is 3.25. The van der Waals surface area contributed by atoms with Crippen LogP contribution in [-0.2, 0) is 19.5 Å². The van der Waals surface area contributed by atoms with E-state index in [0.29, 0.717) is 0 Å². The predicted octanol–water partition coefficient (Wildman–Crippen LogP) is 0.886. The fourth-order valence-corrected chi connectivity index (χ4v) is 3.01. The predicted molar refractivity (Wildman–Crippen MR) is 71.3 cm³/mol. The average Bonchev–Trinajstić information content (AvgIpc) is 2.37. The summed E-state index contributed by atoms with van der Waals surface area (Å²) in [6.45, 7) is 0. The summed E-state index contributed by atoms with van der Waals surface area (Å²) in [6.07, 6.45) is 0. The SMILES string of the molecule is COC(=O)c1ccc(Br)c(S(=O)(=O)/N=C(\N)OC)c1. The minimum atomic E-state index is -4.08. The molecule has 0 spiro atoms. The van der Waals surface area contributed by atoms with Crippen LogP contribution in [0.1, 0.15) is 10.4 Å². The van der Waals surface area contributed by atoms with Gasteiger partial charge in [-0.25, -0.2) is 4.79 Å². The summed E-state index contributed by atoms with van der Waals surface area (Å²) < 4.78 is 36.4. The van der Waals surface area contributed by atoms with Crippen molar-refractivity contribution in [2.24, 2.45) is 10.1 Å². The molecule has 7 nitrogen and oxygen atoms in total. The lowest BCUT2D eigenvalue weighted by molar-refractivity contribution is 0.0600. The third-order valence-electron chi connectivity index (χ3n) is 2.05. The molecular weight excluding hydrogens is 340 g/mol. The molecule has 2 N–H and O–H groups in total. The van der Waals surface area contributed by atoms with E-state index in [9.17, 15) is 13.2 Å². The molecule has 0 saturated carbocycles. The highest BCUT2D eigenvalue weighted by Crippen LogP contribution is 2.25. The lowest BCUT2D eigenvalue weighted by atomic mass is 10.2. The number of rotatable bonds is 3. The van der Waals surface area contributed by atoms with E-state index in [1.54, 1.807) is 0 Å². The lowest BCUT2D eigenvalue weighted by Crippen LogP contribution is -2.16. The molecule has 0 aliphatic heterocycles. The molecule has 0 aliphatic rings. The maximum absolute atomic E-state index is 12.0. The van der Waals surface area contributed by atoms with Crippen LogP contribution >= 0.6 is 15.9 Å². The highest BCUT2D eigenvalue weighted by molar-refractivity contribution is 9.10. The van der Waals surface area contributed by atoms with Gasteiger partial charge >= 0.3 is 5.97 Å². The van der Waals surface area contributed by atoms with Gasteiger partial charge in [0, 0.05) is 4.47 Å². The first-order chi connectivity index (χ1) is 8.81. The summed E-state index contributed by atoms with van der Waals surface area (Å²) in [5, 5.41) is 0. The first-order valence-corrected chi connectivity index (χ1v) is 7.07. The van der Waals surface area contributed by atoms with Crippen LogP contribution in [0.3, 0.4) is 0 Å². The second-order valence-corrected chi connectivity index (χ2v) is 5.67. The second kappa shape index (κ2) is 6.02. The molecule has 0 bridgehead atoms. The fourth-order valence-electron chi connectivity index (χ4n) is 1.15. The zero-order valence-electron chi connectivity index (χ0n) is 10.1. The number of sulfonamides is 1. The number of hydrogen-bond acceptors (Lipinski definition) is 5. The maximum atomic E-state index is 12.0. The molecule has 0 amide bonds. The van der Waals surface area contributed by atoms with Crippen molar-refractivity contribution in [2.45, 2.75) is 4.90 Å². The normalized spacial score (nSPS) is 12.1. The summed E-state index contributed by atoms with van der Waals surface area (Å²) in [5.74, 6) is -0.660. The molecule has 0 atom stereocenters. The van der Waals surface area contributed by atoms with Gasteiger partial charge in [0.25, 0.3) is 16.0 Å². The molecule has 1 rings (SSSR count).